The van der Waals surface area contributed by atoms with Crippen molar-refractivity contribution in [1.82, 2.24) is 9.88 Å². The number of nitrogens with zero attached hydrogens (tertiary/aromatic N) is 2. The molecule has 0 spiro atoms. The number of amides is 3. The molecule has 36 heavy (non-hydrogen) atoms. The number of benzene rings is 4. The van der Waals surface area contributed by atoms with Crippen LogP contribution in [-0.4, -0.2) is 34.2 Å². The first-order valence-corrected chi connectivity index (χ1v) is 11.7. The van der Waals surface area contributed by atoms with Gasteiger partial charge in [0.15, 0.2) is 5.58 Å². The number of nitrogens with one attached hydrogen (secondary N) is 1. The Morgan fingerprint density at radius 3 is 2.25 bits per heavy atom. The van der Waals surface area contributed by atoms with Crippen LogP contribution < -0.4 is 5.32 Å². The summed E-state index contributed by atoms with van der Waals surface area (Å²) >= 11 is 0. The first-order valence-electron chi connectivity index (χ1n) is 11.7. The van der Waals surface area contributed by atoms with Crippen molar-refractivity contribution in [2.24, 2.45) is 0 Å². The molecular weight excluding hydrogens is 454 g/mol. The van der Waals surface area contributed by atoms with Gasteiger partial charge in [-0.05, 0) is 42.1 Å². The lowest BCUT2D eigenvalue weighted by atomic mass is 10.1. The van der Waals surface area contributed by atoms with Crippen LogP contribution in [0.1, 0.15) is 33.6 Å². The van der Waals surface area contributed by atoms with Gasteiger partial charge in [-0.25, -0.2) is 4.98 Å². The van der Waals surface area contributed by atoms with Crippen molar-refractivity contribution in [3.8, 4) is 11.5 Å². The Morgan fingerprint density at radius 1 is 0.806 bits per heavy atom. The number of fused-ring (bicyclic) bond motifs is 4. The van der Waals surface area contributed by atoms with Crippen molar-refractivity contribution >= 4 is 45.3 Å². The molecule has 0 saturated heterocycles. The van der Waals surface area contributed by atoms with Gasteiger partial charge < -0.3 is 9.73 Å². The molecule has 0 atom stereocenters. The summed E-state index contributed by atoms with van der Waals surface area (Å²) in [7, 11) is 0. The molecule has 1 aromatic heterocycles. The molecule has 0 bridgehead atoms. The molecule has 7 heteroatoms. The Bertz CT molecular complexity index is 1640. The minimum atomic E-state index is -0.315. The summed E-state index contributed by atoms with van der Waals surface area (Å²) in [6.45, 7) is 0.180. The van der Waals surface area contributed by atoms with E-state index in [-0.39, 0.29) is 30.7 Å². The van der Waals surface area contributed by atoms with Crippen LogP contribution in [0.2, 0.25) is 0 Å². The highest BCUT2D eigenvalue weighted by Crippen LogP contribution is 2.33. The SMILES string of the molecule is O=C(CCCN1C(=O)c2ccccc2C1=O)Nc1ccccc1-c1nc2c(ccc3ccccc32)o1. The summed E-state index contributed by atoms with van der Waals surface area (Å²) in [5, 5.41) is 5.00. The lowest BCUT2D eigenvalue weighted by Crippen LogP contribution is -2.31. The summed E-state index contributed by atoms with van der Waals surface area (Å²) in [6, 6.07) is 26.0. The number of para-hydroxylation sites is 1. The lowest BCUT2D eigenvalue weighted by Gasteiger charge is -2.14. The zero-order valence-electron chi connectivity index (χ0n) is 19.2. The molecule has 0 saturated carbocycles. The molecule has 0 radical (unpaired) electrons. The van der Waals surface area contributed by atoms with Crippen LogP contribution in [0, 0.1) is 0 Å². The highest BCUT2D eigenvalue weighted by atomic mass is 16.3. The van der Waals surface area contributed by atoms with Crippen molar-refractivity contribution in [2.45, 2.75) is 12.8 Å². The van der Waals surface area contributed by atoms with Gasteiger partial charge in [0.1, 0.15) is 5.52 Å². The maximum absolute atomic E-state index is 12.7. The van der Waals surface area contributed by atoms with Crippen molar-refractivity contribution in [1.29, 1.82) is 0 Å². The van der Waals surface area contributed by atoms with E-state index in [0.717, 1.165) is 16.3 Å². The van der Waals surface area contributed by atoms with E-state index in [0.29, 0.717) is 40.3 Å². The topological polar surface area (TPSA) is 92.5 Å². The first kappa shape index (κ1) is 21.7. The van der Waals surface area contributed by atoms with Crippen molar-refractivity contribution in [3.05, 3.63) is 96.1 Å². The molecule has 7 nitrogen and oxygen atoms in total. The first-order chi connectivity index (χ1) is 17.6. The largest absolute Gasteiger partial charge is 0.436 e. The predicted molar refractivity (Wildman–Crippen MR) is 137 cm³/mol. The number of rotatable bonds is 6. The Balaban J connectivity index is 1.16. The molecule has 1 N–H and O–H groups in total. The van der Waals surface area contributed by atoms with Crippen molar-refractivity contribution in [3.63, 3.8) is 0 Å². The molecule has 0 unspecified atom stereocenters. The van der Waals surface area contributed by atoms with E-state index >= 15 is 0 Å². The van der Waals surface area contributed by atoms with Gasteiger partial charge in [0, 0.05) is 18.4 Å². The summed E-state index contributed by atoms with van der Waals surface area (Å²) in [6.07, 6.45) is 0.508. The number of aromatic nitrogens is 1. The van der Waals surface area contributed by atoms with Crippen LogP contribution in [0.25, 0.3) is 33.3 Å². The minimum absolute atomic E-state index is 0.153. The second-order valence-electron chi connectivity index (χ2n) is 8.66. The van der Waals surface area contributed by atoms with E-state index in [1.165, 1.54) is 4.90 Å². The average Bonchev–Trinajstić information content (AvgIpc) is 3.45. The van der Waals surface area contributed by atoms with Gasteiger partial charge in [-0.2, -0.15) is 0 Å². The van der Waals surface area contributed by atoms with Gasteiger partial charge in [-0.15, -0.1) is 0 Å². The second kappa shape index (κ2) is 8.78. The normalized spacial score (nSPS) is 12.9. The maximum atomic E-state index is 12.7. The summed E-state index contributed by atoms with van der Waals surface area (Å²) < 4.78 is 6.04. The quantitative estimate of drug-likeness (QED) is 0.320. The van der Waals surface area contributed by atoms with Crippen LogP contribution in [0.15, 0.2) is 89.3 Å². The fraction of sp³-hybridized carbons (Fsp3) is 0.103. The third-order valence-corrected chi connectivity index (χ3v) is 6.38. The van der Waals surface area contributed by atoms with Gasteiger partial charge in [0.05, 0.1) is 22.4 Å². The Labute approximate surface area is 206 Å². The van der Waals surface area contributed by atoms with E-state index in [4.69, 9.17) is 9.40 Å². The van der Waals surface area contributed by atoms with E-state index < -0.39 is 0 Å². The molecule has 1 aliphatic heterocycles. The summed E-state index contributed by atoms with van der Waals surface area (Å²) in [4.78, 5) is 43.7. The molecule has 2 heterocycles. The maximum Gasteiger partial charge on any atom is 0.261 e. The van der Waals surface area contributed by atoms with E-state index in [1.54, 1.807) is 30.3 Å². The van der Waals surface area contributed by atoms with Crippen LogP contribution in [0.4, 0.5) is 5.69 Å². The van der Waals surface area contributed by atoms with E-state index in [1.807, 2.05) is 54.6 Å². The highest BCUT2D eigenvalue weighted by molar-refractivity contribution is 6.21. The fourth-order valence-corrected chi connectivity index (χ4v) is 4.61. The summed E-state index contributed by atoms with van der Waals surface area (Å²) in [5.74, 6) is -0.432. The van der Waals surface area contributed by atoms with Crippen LogP contribution in [-0.2, 0) is 4.79 Å². The molecule has 6 rings (SSSR count). The number of hydrogen-bond acceptors (Lipinski definition) is 5. The van der Waals surface area contributed by atoms with Crippen molar-refractivity contribution < 1.29 is 18.8 Å². The number of anilines is 1. The lowest BCUT2D eigenvalue weighted by molar-refractivity contribution is -0.116. The van der Waals surface area contributed by atoms with Gasteiger partial charge in [0.25, 0.3) is 11.8 Å². The smallest absolute Gasteiger partial charge is 0.261 e. The summed E-state index contributed by atoms with van der Waals surface area (Å²) in [5.41, 5.74) is 3.51. The predicted octanol–water partition coefficient (Wildman–Crippen LogP) is 5.66. The molecule has 5 aromatic rings. The third kappa shape index (κ3) is 3.71. The molecule has 176 valence electrons. The fourth-order valence-electron chi connectivity index (χ4n) is 4.61. The number of oxazole rings is 1. The van der Waals surface area contributed by atoms with Gasteiger partial charge >= 0.3 is 0 Å². The molecule has 0 aliphatic carbocycles. The molecule has 4 aromatic carbocycles. The van der Waals surface area contributed by atoms with Crippen LogP contribution >= 0.6 is 0 Å². The van der Waals surface area contributed by atoms with Gasteiger partial charge in [0.2, 0.25) is 11.8 Å². The van der Waals surface area contributed by atoms with E-state index in [9.17, 15) is 14.4 Å². The monoisotopic (exact) mass is 475 g/mol. The zero-order valence-corrected chi connectivity index (χ0v) is 19.2. The van der Waals surface area contributed by atoms with Gasteiger partial charge in [-0.1, -0.05) is 54.6 Å². The Hall–Kier alpha value is -4.78. The number of hydrogen-bond donors (Lipinski definition) is 1. The Kier molecular flexibility index (Phi) is 5.30. The number of carbonyl (C=O) groups is 3. The molecule has 0 fully saturated rings. The Morgan fingerprint density at radius 2 is 1.47 bits per heavy atom. The standard InChI is InChI=1S/C29H21N3O4/c33-25(14-7-17-32-28(34)20-10-3-4-11-21(20)29(32)35)30-23-13-6-5-12-22(23)27-31-26-19-9-2-1-8-18(19)15-16-24(26)36-27/h1-6,8-13,15-16H,7,14,17H2,(H,30,33). The number of carbonyl (C=O) groups excluding carboxylic acids is 3. The molecular formula is C29H21N3O4. The molecule has 3 amide bonds. The number of imide groups is 1. The van der Waals surface area contributed by atoms with Crippen LogP contribution in [0.5, 0.6) is 0 Å². The van der Waals surface area contributed by atoms with Gasteiger partial charge in [-0.3, -0.25) is 19.3 Å². The zero-order chi connectivity index (χ0) is 24.6. The third-order valence-electron chi connectivity index (χ3n) is 6.38. The van der Waals surface area contributed by atoms with Crippen molar-refractivity contribution in [2.75, 3.05) is 11.9 Å². The molecule has 1 aliphatic rings. The van der Waals surface area contributed by atoms with Crippen LogP contribution in [0.3, 0.4) is 0 Å². The minimum Gasteiger partial charge on any atom is -0.436 e. The van der Waals surface area contributed by atoms with E-state index in [2.05, 4.69) is 5.32 Å². The average molecular weight is 476 g/mol. The highest BCUT2D eigenvalue weighted by Gasteiger charge is 2.34. The second-order valence-corrected chi connectivity index (χ2v) is 8.66.